The number of hydroxylamine groups is 1. The highest BCUT2D eigenvalue weighted by molar-refractivity contribution is 5.58. The van der Waals surface area contributed by atoms with Crippen LogP contribution in [0.3, 0.4) is 0 Å². The molecule has 0 saturated carbocycles. The molecule has 1 aliphatic heterocycles. The maximum Gasteiger partial charge on any atom is 0.439 e. The molecule has 0 aromatic heterocycles. The van der Waals surface area contributed by atoms with Gasteiger partial charge < -0.3 is 13.5 Å². The summed E-state index contributed by atoms with van der Waals surface area (Å²) in [4.78, 5) is 0. The molecule has 0 bridgehead atoms. The molecule has 1 atom stereocenters. The Morgan fingerprint density at radius 3 is 2.87 bits per heavy atom. The maximum atomic E-state index is 10.4. The smallest absolute Gasteiger partial charge is 0.439 e. The van der Waals surface area contributed by atoms with Gasteiger partial charge in [-0.1, -0.05) is 0 Å². The Bertz CT molecular complexity index is 372. The zero-order valence-corrected chi connectivity index (χ0v) is 9.05. The summed E-state index contributed by atoms with van der Waals surface area (Å²) in [6.07, 6.45) is -0.703. The van der Waals surface area contributed by atoms with Gasteiger partial charge in [0.15, 0.2) is 0 Å². The number of benzene rings is 1. The number of hydrogen-bond donors (Lipinski definition) is 2. The quantitative estimate of drug-likeness (QED) is 0.688. The van der Waals surface area contributed by atoms with E-state index in [2.05, 4.69) is 3.83 Å². The van der Waals surface area contributed by atoms with Crippen LogP contribution in [0.4, 0.5) is 5.69 Å². The van der Waals surface area contributed by atoms with Gasteiger partial charge in [0.25, 0.3) is 6.23 Å². The van der Waals surface area contributed by atoms with Gasteiger partial charge in [-0.15, -0.1) is 0 Å². The van der Waals surface area contributed by atoms with Crippen LogP contribution in [0, 0.1) is 14.8 Å². The fraction of sp³-hybridized carbons (Fsp3) is 0.250. The van der Waals surface area contributed by atoms with E-state index in [1.165, 1.54) is 18.2 Å². The average Bonchev–Trinajstić information content (AvgIpc) is 2.42. The zero-order valence-electron chi connectivity index (χ0n) is 7.46. The number of anilines is 1. The summed E-state index contributed by atoms with van der Waals surface area (Å²) in [5.41, 5.74) is 1.09. The van der Waals surface area contributed by atoms with E-state index < -0.39 is 21.0 Å². The molecule has 6 nitrogen and oxygen atoms in total. The topological polar surface area (TPSA) is 99.0 Å². The van der Waals surface area contributed by atoms with Crippen molar-refractivity contribution in [2.45, 2.75) is 12.6 Å². The Morgan fingerprint density at radius 1 is 1.47 bits per heavy atom. The summed E-state index contributed by atoms with van der Waals surface area (Å²) in [6, 6.07) is 4.37. The third kappa shape index (κ3) is 2.06. The van der Waals surface area contributed by atoms with Crippen molar-refractivity contribution < 1.29 is 37.4 Å². The highest BCUT2D eigenvalue weighted by atomic mass is 80.0. The van der Waals surface area contributed by atoms with Crippen LogP contribution in [0.5, 0.6) is 5.75 Å². The van der Waals surface area contributed by atoms with Crippen LogP contribution < -0.4 is 13.5 Å². The fourth-order valence-corrected chi connectivity index (χ4v) is 2.18. The number of halogens is 1. The van der Waals surface area contributed by atoms with Gasteiger partial charge in [-0.25, -0.2) is 5.06 Å². The SMILES string of the molecule is [O-][Br+2]([O-])OC1Cc2cc(O)ccc2N1O. The van der Waals surface area contributed by atoms with Crippen molar-refractivity contribution >= 4 is 5.69 Å². The molecule has 0 radical (unpaired) electrons. The molecule has 15 heavy (non-hydrogen) atoms. The van der Waals surface area contributed by atoms with Gasteiger partial charge in [0.1, 0.15) is 5.75 Å². The summed E-state index contributed by atoms with van der Waals surface area (Å²) in [5, 5.41) is 19.5. The lowest BCUT2D eigenvalue weighted by Gasteiger charge is -2.13. The standard InChI is InChI=1S/C8H8BrNO5/c11-6-1-2-7-5(3-6)4-8(10(7)14)15-9(12)13/h1-3,8,11,14H,4H2. The van der Waals surface area contributed by atoms with Crippen LogP contribution in [0.1, 0.15) is 5.56 Å². The summed E-state index contributed by atoms with van der Waals surface area (Å²) in [6.45, 7) is 0. The van der Waals surface area contributed by atoms with Crippen LogP contribution in [0.25, 0.3) is 0 Å². The molecule has 1 aromatic rings. The molecule has 0 saturated heterocycles. The molecule has 1 unspecified atom stereocenters. The Kier molecular flexibility index (Phi) is 2.81. The van der Waals surface area contributed by atoms with E-state index in [-0.39, 0.29) is 12.2 Å². The van der Waals surface area contributed by atoms with Crippen molar-refractivity contribution in [1.82, 2.24) is 0 Å². The van der Waals surface area contributed by atoms with E-state index in [0.717, 1.165) is 5.06 Å². The van der Waals surface area contributed by atoms with Crippen molar-refractivity contribution in [1.29, 1.82) is 0 Å². The van der Waals surface area contributed by atoms with Gasteiger partial charge in [-0.3, -0.25) is 5.21 Å². The predicted octanol–water partition coefficient (Wildman–Crippen LogP) is -1.43. The summed E-state index contributed by atoms with van der Waals surface area (Å²) in [7, 11) is 0. The Morgan fingerprint density at radius 2 is 2.20 bits per heavy atom. The van der Waals surface area contributed by atoms with Crippen LogP contribution in [-0.4, -0.2) is 16.5 Å². The summed E-state index contributed by atoms with van der Waals surface area (Å²) < 4.78 is 25.3. The third-order valence-corrected chi connectivity index (χ3v) is 2.89. The normalized spacial score (nSPS) is 19.7. The highest BCUT2D eigenvalue weighted by Gasteiger charge is 2.37. The van der Waals surface area contributed by atoms with Gasteiger partial charge in [-0.2, -0.15) is 0 Å². The number of hydrogen-bond acceptors (Lipinski definition) is 6. The van der Waals surface area contributed by atoms with Crippen LogP contribution in [0.2, 0.25) is 0 Å². The second kappa shape index (κ2) is 3.95. The lowest BCUT2D eigenvalue weighted by atomic mass is 10.1. The first-order valence-corrected chi connectivity index (χ1v) is 6.05. The molecule has 1 aliphatic rings. The van der Waals surface area contributed by atoms with E-state index in [1.54, 1.807) is 0 Å². The van der Waals surface area contributed by atoms with Gasteiger partial charge in [-0.05, 0) is 23.8 Å². The van der Waals surface area contributed by atoms with Gasteiger partial charge >= 0.3 is 14.8 Å². The Hall–Kier alpha value is -0.860. The molecule has 0 spiro atoms. The minimum atomic E-state index is -3.36. The molecule has 0 aliphatic carbocycles. The molecule has 1 aromatic carbocycles. The van der Waals surface area contributed by atoms with Crippen LogP contribution >= 0.6 is 0 Å². The van der Waals surface area contributed by atoms with Crippen molar-refractivity contribution in [2.24, 2.45) is 0 Å². The molecule has 1 heterocycles. The zero-order chi connectivity index (χ0) is 11.0. The average molecular weight is 278 g/mol. The first kappa shape index (κ1) is 10.7. The number of aromatic hydroxyl groups is 1. The molecule has 2 rings (SSSR count). The minimum Gasteiger partial charge on any atom is -0.508 e. The van der Waals surface area contributed by atoms with Crippen molar-refractivity contribution in [3.8, 4) is 5.75 Å². The van der Waals surface area contributed by atoms with E-state index in [1.807, 2.05) is 0 Å². The molecule has 2 N–H and O–H groups in total. The van der Waals surface area contributed by atoms with Gasteiger partial charge in [0.05, 0.1) is 5.69 Å². The van der Waals surface area contributed by atoms with Crippen molar-refractivity contribution in [3.05, 3.63) is 23.8 Å². The molecule has 0 amide bonds. The monoisotopic (exact) mass is 277 g/mol. The molecular formula is C8H8BrNO5. The first-order valence-electron chi connectivity index (χ1n) is 4.10. The Balaban J connectivity index is 2.21. The minimum absolute atomic E-state index is 0.0674. The largest absolute Gasteiger partial charge is 0.508 e. The predicted molar refractivity (Wildman–Crippen MR) is 40.9 cm³/mol. The fourth-order valence-electron chi connectivity index (χ4n) is 1.54. The number of nitrogens with zero attached hydrogens (tertiary/aromatic N) is 1. The maximum absolute atomic E-state index is 10.4. The lowest BCUT2D eigenvalue weighted by molar-refractivity contribution is -1.63. The van der Waals surface area contributed by atoms with E-state index in [4.69, 9.17) is 0 Å². The summed E-state index contributed by atoms with van der Waals surface area (Å²) >= 11 is -3.36. The van der Waals surface area contributed by atoms with Crippen molar-refractivity contribution in [3.63, 3.8) is 0 Å². The molecule has 82 valence electrons. The molecular weight excluding hydrogens is 270 g/mol. The number of phenols is 1. The van der Waals surface area contributed by atoms with Crippen LogP contribution in [-0.2, 0) is 10.2 Å². The molecule has 0 fully saturated rings. The van der Waals surface area contributed by atoms with Gasteiger partial charge in [0.2, 0.25) is 0 Å². The second-order valence-corrected chi connectivity index (χ2v) is 4.26. The first-order chi connectivity index (χ1) is 7.08. The Labute approximate surface area is 90.7 Å². The van der Waals surface area contributed by atoms with Crippen molar-refractivity contribution in [2.75, 3.05) is 5.06 Å². The number of fused-ring (bicyclic) bond motifs is 1. The van der Waals surface area contributed by atoms with E-state index in [0.29, 0.717) is 11.3 Å². The second-order valence-electron chi connectivity index (χ2n) is 3.09. The number of rotatable bonds is 2. The number of phenolic OH excluding ortho intramolecular Hbond substituents is 1. The van der Waals surface area contributed by atoms with E-state index in [9.17, 15) is 18.7 Å². The molecule has 7 heteroatoms. The van der Waals surface area contributed by atoms with Crippen LogP contribution in [0.15, 0.2) is 18.2 Å². The van der Waals surface area contributed by atoms with E-state index >= 15 is 0 Å². The lowest BCUT2D eigenvalue weighted by Crippen LogP contribution is -2.42. The third-order valence-electron chi connectivity index (χ3n) is 2.15. The van der Waals surface area contributed by atoms with Gasteiger partial charge in [0, 0.05) is 10.2 Å². The highest BCUT2D eigenvalue weighted by Crippen LogP contribution is 2.33. The summed E-state index contributed by atoms with van der Waals surface area (Å²) in [5.74, 6) is 0.0674.